The summed E-state index contributed by atoms with van der Waals surface area (Å²) in [5.41, 5.74) is 4.02. The van der Waals surface area contributed by atoms with E-state index >= 15 is 0 Å². The molecule has 1 unspecified atom stereocenters. The standard InChI is InChI=1S/C13H21NOS/c1-4-16(15)9-8-14-10-13-7-5-6-11(2)12(13)3/h5-7,14H,4,8-10H2,1-3H3. The van der Waals surface area contributed by atoms with E-state index < -0.39 is 10.8 Å². The molecule has 0 saturated heterocycles. The summed E-state index contributed by atoms with van der Waals surface area (Å²) in [4.78, 5) is 0. The summed E-state index contributed by atoms with van der Waals surface area (Å²) < 4.78 is 11.2. The molecule has 0 aliphatic carbocycles. The van der Waals surface area contributed by atoms with Gasteiger partial charge in [0, 0.05) is 35.4 Å². The van der Waals surface area contributed by atoms with Gasteiger partial charge in [-0.15, -0.1) is 0 Å². The number of aryl methyl sites for hydroxylation is 1. The lowest BCUT2D eigenvalue weighted by molar-refractivity contribution is 0.673. The third-order valence-corrected chi connectivity index (χ3v) is 4.16. The monoisotopic (exact) mass is 239 g/mol. The SMILES string of the molecule is CCS(=O)CCNCc1cccc(C)c1C. The minimum absolute atomic E-state index is 0.657. The molecule has 0 spiro atoms. The Labute approximate surface area is 101 Å². The van der Waals surface area contributed by atoms with Crippen LogP contribution < -0.4 is 5.32 Å². The molecule has 1 rings (SSSR count). The van der Waals surface area contributed by atoms with Crippen molar-refractivity contribution in [3.05, 3.63) is 34.9 Å². The van der Waals surface area contributed by atoms with Crippen LogP contribution in [0.3, 0.4) is 0 Å². The maximum absolute atomic E-state index is 11.2. The maximum atomic E-state index is 11.2. The van der Waals surface area contributed by atoms with Crippen LogP contribution in [0.15, 0.2) is 18.2 Å². The molecule has 0 aromatic heterocycles. The van der Waals surface area contributed by atoms with Crippen LogP contribution >= 0.6 is 0 Å². The van der Waals surface area contributed by atoms with Crippen molar-refractivity contribution in [3.8, 4) is 0 Å². The van der Waals surface area contributed by atoms with Crippen LogP contribution in [0.25, 0.3) is 0 Å². The maximum Gasteiger partial charge on any atom is 0.0360 e. The molecule has 90 valence electrons. The van der Waals surface area contributed by atoms with E-state index in [0.29, 0.717) is 0 Å². The van der Waals surface area contributed by atoms with Crippen LogP contribution in [0, 0.1) is 13.8 Å². The lowest BCUT2D eigenvalue weighted by Gasteiger charge is -2.09. The summed E-state index contributed by atoms with van der Waals surface area (Å²) in [6, 6.07) is 6.36. The van der Waals surface area contributed by atoms with Gasteiger partial charge in [0.2, 0.25) is 0 Å². The van der Waals surface area contributed by atoms with Crippen LogP contribution in [0.1, 0.15) is 23.6 Å². The Hall–Kier alpha value is -0.670. The fraction of sp³-hybridized carbons (Fsp3) is 0.538. The topological polar surface area (TPSA) is 29.1 Å². The van der Waals surface area contributed by atoms with Gasteiger partial charge >= 0.3 is 0 Å². The van der Waals surface area contributed by atoms with Gasteiger partial charge in [0.25, 0.3) is 0 Å². The number of rotatable bonds is 6. The van der Waals surface area contributed by atoms with Gasteiger partial charge < -0.3 is 5.32 Å². The summed E-state index contributed by atoms with van der Waals surface area (Å²) in [5, 5.41) is 3.34. The van der Waals surface area contributed by atoms with Crippen LogP contribution in [0.5, 0.6) is 0 Å². The van der Waals surface area contributed by atoms with Gasteiger partial charge in [-0.25, -0.2) is 0 Å². The van der Waals surface area contributed by atoms with Crippen molar-refractivity contribution in [3.63, 3.8) is 0 Å². The third kappa shape index (κ3) is 4.06. The minimum atomic E-state index is -0.657. The smallest absolute Gasteiger partial charge is 0.0360 e. The molecule has 1 aromatic carbocycles. The second-order valence-corrected chi connectivity index (χ2v) is 5.83. The average Bonchev–Trinajstić information content (AvgIpc) is 2.29. The van der Waals surface area contributed by atoms with E-state index in [4.69, 9.17) is 0 Å². The highest BCUT2D eigenvalue weighted by atomic mass is 32.2. The molecule has 1 N–H and O–H groups in total. The minimum Gasteiger partial charge on any atom is -0.312 e. The van der Waals surface area contributed by atoms with Gasteiger partial charge in [0.1, 0.15) is 0 Å². The summed E-state index contributed by atoms with van der Waals surface area (Å²) in [6.07, 6.45) is 0. The van der Waals surface area contributed by atoms with Crippen molar-refractivity contribution in [1.82, 2.24) is 5.32 Å². The molecule has 0 saturated carbocycles. The van der Waals surface area contributed by atoms with Crippen molar-refractivity contribution in [2.24, 2.45) is 0 Å². The zero-order chi connectivity index (χ0) is 12.0. The van der Waals surface area contributed by atoms with Crippen LogP contribution in [0.2, 0.25) is 0 Å². The first-order valence-electron chi connectivity index (χ1n) is 5.76. The van der Waals surface area contributed by atoms with E-state index in [1.807, 2.05) is 6.92 Å². The fourth-order valence-corrected chi connectivity index (χ4v) is 2.22. The van der Waals surface area contributed by atoms with Gasteiger partial charge in [-0.2, -0.15) is 0 Å². The molecule has 16 heavy (non-hydrogen) atoms. The number of hydrogen-bond acceptors (Lipinski definition) is 2. The van der Waals surface area contributed by atoms with E-state index in [2.05, 4.69) is 37.4 Å². The average molecular weight is 239 g/mol. The molecule has 1 atom stereocenters. The van der Waals surface area contributed by atoms with Gasteiger partial charge in [0.15, 0.2) is 0 Å². The van der Waals surface area contributed by atoms with Crippen molar-refractivity contribution in [1.29, 1.82) is 0 Å². The third-order valence-electron chi connectivity index (χ3n) is 2.86. The number of benzene rings is 1. The summed E-state index contributed by atoms with van der Waals surface area (Å²) in [5.74, 6) is 1.51. The van der Waals surface area contributed by atoms with Gasteiger partial charge in [0.05, 0.1) is 0 Å². The van der Waals surface area contributed by atoms with Crippen LogP contribution in [-0.4, -0.2) is 22.3 Å². The Morgan fingerprint density at radius 2 is 2.06 bits per heavy atom. The predicted octanol–water partition coefficient (Wildman–Crippen LogP) is 2.16. The van der Waals surface area contributed by atoms with E-state index in [1.54, 1.807) is 0 Å². The zero-order valence-electron chi connectivity index (χ0n) is 10.4. The Morgan fingerprint density at radius 3 is 2.75 bits per heavy atom. The highest BCUT2D eigenvalue weighted by Gasteiger charge is 2.00. The first-order chi connectivity index (χ1) is 7.65. The highest BCUT2D eigenvalue weighted by molar-refractivity contribution is 7.84. The fourth-order valence-electron chi connectivity index (χ4n) is 1.56. The summed E-state index contributed by atoms with van der Waals surface area (Å²) >= 11 is 0. The van der Waals surface area contributed by atoms with Crippen molar-refractivity contribution >= 4 is 10.8 Å². The first kappa shape index (κ1) is 13.4. The molecule has 0 aliphatic rings. The molecule has 0 aliphatic heterocycles. The summed E-state index contributed by atoms with van der Waals surface area (Å²) in [6.45, 7) is 7.94. The second-order valence-electron chi connectivity index (χ2n) is 3.97. The molecule has 0 heterocycles. The molecule has 3 heteroatoms. The van der Waals surface area contributed by atoms with Crippen molar-refractivity contribution < 1.29 is 4.21 Å². The van der Waals surface area contributed by atoms with Crippen LogP contribution in [-0.2, 0) is 17.3 Å². The molecule has 0 radical (unpaired) electrons. The lowest BCUT2D eigenvalue weighted by atomic mass is 10.0. The Morgan fingerprint density at radius 1 is 1.31 bits per heavy atom. The van der Waals surface area contributed by atoms with Gasteiger partial charge in [-0.1, -0.05) is 25.1 Å². The molecule has 2 nitrogen and oxygen atoms in total. The molecule has 0 bridgehead atoms. The van der Waals surface area contributed by atoms with Gasteiger partial charge in [-0.3, -0.25) is 4.21 Å². The Kier molecular flexibility index (Phi) is 5.71. The molecular formula is C13H21NOS. The number of nitrogens with one attached hydrogen (secondary N) is 1. The zero-order valence-corrected chi connectivity index (χ0v) is 11.2. The quantitative estimate of drug-likeness (QED) is 0.771. The molecule has 1 aromatic rings. The first-order valence-corrected chi connectivity index (χ1v) is 7.24. The molecular weight excluding hydrogens is 218 g/mol. The Balaban J connectivity index is 2.38. The lowest BCUT2D eigenvalue weighted by Crippen LogP contribution is -2.21. The van der Waals surface area contributed by atoms with Gasteiger partial charge in [-0.05, 0) is 30.5 Å². The second kappa shape index (κ2) is 6.81. The highest BCUT2D eigenvalue weighted by Crippen LogP contribution is 2.11. The molecule has 0 amide bonds. The molecule has 0 fully saturated rings. The van der Waals surface area contributed by atoms with E-state index in [1.165, 1.54) is 16.7 Å². The van der Waals surface area contributed by atoms with Crippen LogP contribution in [0.4, 0.5) is 0 Å². The van der Waals surface area contributed by atoms with E-state index in [0.717, 1.165) is 24.6 Å². The largest absolute Gasteiger partial charge is 0.312 e. The normalized spacial score (nSPS) is 12.7. The van der Waals surface area contributed by atoms with Crippen molar-refractivity contribution in [2.75, 3.05) is 18.1 Å². The Bertz CT molecular complexity index is 363. The number of hydrogen-bond donors (Lipinski definition) is 1. The van der Waals surface area contributed by atoms with E-state index in [9.17, 15) is 4.21 Å². The predicted molar refractivity (Wildman–Crippen MR) is 71.2 cm³/mol. The summed E-state index contributed by atoms with van der Waals surface area (Å²) in [7, 11) is -0.657. The van der Waals surface area contributed by atoms with Crippen molar-refractivity contribution in [2.45, 2.75) is 27.3 Å². The van der Waals surface area contributed by atoms with E-state index in [-0.39, 0.29) is 0 Å².